The lowest BCUT2D eigenvalue weighted by atomic mass is 10.1. The van der Waals surface area contributed by atoms with Crippen LogP contribution in [0.1, 0.15) is 11.1 Å². The molecular formula is C24H18BrClN2O3S. The summed E-state index contributed by atoms with van der Waals surface area (Å²) in [7, 11) is 1.55. The molecule has 1 aliphatic heterocycles. The van der Waals surface area contributed by atoms with Crippen LogP contribution in [0.3, 0.4) is 0 Å². The standard InChI is InChI=1S/C24H18BrClN2O3S/c1-30-20-12-16(11-19(26)22(20)31-14-15-7-9-17(25)10-8-15)13-21-23(29)28-24(32-21)27-18-5-3-2-4-6-18/h2-13H,14H2,1H3,(H,27,28,29)/b21-13-. The van der Waals surface area contributed by atoms with E-state index >= 15 is 0 Å². The molecule has 5 nitrogen and oxygen atoms in total. The second kappa shape index (κ2) is 10.3. The van der Waals surface area contributed by atoms with E-state index in [1.165, 1.54) is 11.8 Å². The molecule has 1 saturated heterocycles. The Morgan fingerprint density at radius 2 is 1.88 bits per heavy atom. The van der Waals surface area contributed by atoms with Crippen molar-refractivity contribution in [2.45, 2.75) is 6.61 Å². The molecule has 0 aromatic heterocycles. The largest absolute Gasteiger partial charge is 0.493 e. The number of methoxy groups -OCH3 is 1. The molecule has 1 heterocycles. The molecule has 0 atom stereocenters. The van der Waals surface area contributed by atoms with Crippen molar-refractivity contribution in [3.63, 3.8) is 0 Å². The number of hydrogen-bond donors (Lipinski definition) is 1. The Balaban J connectivity index is 1.53. The summed E-state index contributed by atoms with van der Waals surface area (Å²) < 4.78 is 12.4. The van der Waals surface area contributed by atoms with E-state index in [0.717, 1.165) is 21.3 Å². The number of aliphatic imine (C=N–C) groups is 1. The first-order chi connectivity index (χ1) is 15.5. The van der Waals surface area contributed by atoms with Gasteiger partial charge in [0, 0.05) is 4.47 Å². The molecule has 1 fully saturated rings. The third kappa shape index (κ3) is 5.54. The first-order valence-electron chi connectivity index (χ1n) is 9.61. The summed E-state index contributed by atoms with van der Waals surface area (Å²) in [6, 6.07) is 20.8. The Kier molecular flexibility index (Phi) is 7.19. The van der Waals surface area contributed by atoms with Crippen LogP contribution >= 0.6 is 39.3 Å². The van der Waals surface area contributed by atoms with Crippen molar-refractivity contribution in [3.8, 4) is 11.5 Å². The molecule has 32 heavy (non-hydrogen) atoms. The summed E-state index contributed by atoms with van der Waals surface area (Å²) in [5.41, 5.74) is 2.50. The van der Waals surface area contributed by atoms with Crippen molar-refractivity contribution >= 4 is 62.1 Å². The molecule has 0 unspecified atom stereocenters. The number of amidine groups is 1. The van der Waals surface area contributed by atoms with Crippen LogP contribution in [-0.4, -0.2) is 18.2 Å². The monoisotopic (exact) mass is 528 g/mol. The summed E-state index contributed by atoms with van der Waals surface area (Å²) in [5.74, 6) is 0.729. The van der Waals surface area contributed by atoms with Gasteiger partial charge in [-0.3, -0.25) is 4.79 Å². The number of thioether (sulfide) groups is 1. The molecule has 1 N–H and O–H groups in total. The number of amides is 1. The summed E-state index contributed by atoms with van der Waals surface area (Å²) in [6.07, 6.45) is 1.75. The zero-order valence-electron chi connectivity index (χ0n) is 17.0. The molecule has 3 aromatic carbocycles. The van der Waals surface area contributed by atoms with Crippen LogP contribution in [0.2, 0.25) is 5.02 Å². The number of carbonyl (C=O) groups excluding carboxylic acids is 1. The fourth-order valence-electron chi connectivity index (χ4n) is 2.95. The van der Waals surface area contributed by atoms with E-state index in [4.69, 9.17) is 21.1 Å². The van der Waals surface area contributed by atoms with Gasteiger partial charge in [0.25, 0.3) is 5.91 Å². The van der Waals surface area contributed by atoms with Gasteiger partial charge in [-0.1, -0.05) is 57.9 Å². The number of carbonyl (C=O) groups is 1. The van der Waals surface area contributed by atoms with Gasteiger partial charge >= 0.3 is 0 Å². The van der Waals surface area contributed by atoms with Gasteiger partial charge in [0.05, 0.1) is 22.7 Å². The highest BCUT2D eigenvalue weighted by molar-refractivity contribution is 9.10. The van der Waals surface area contributed by atoms with Gasteiger partial charge in [0.2, 0.25) is 0 Å². The van der Waals surface area contributed by atoms with Gasteiger partial charge < -0.3 is 14.8 Å². The summed E-state index contributed by atoms with van der Waals surface area (Å²) in [6.45, 7) is 0.349. The lowest BCUT2D eigenvalue weighted by Gasteiger charge is -2.13. The molecule has 0 spiro atoms. The van der Waals surface area contributed by atoms with Gasteiger partial charge in [0.1, 0.15) is 6.61 Å². The molecule has 0 bridgehead atoms. The molecule has 0 radical (unpaired) electrons. The zero-order chi connectivity index (χ0) is 22.5. The van der Waals surface area contributed by atoms with Crippen LogP contribution in [0.25, 0.3) is 6.08 Å². The van der Waals surface area contributed by atoms with Gasteiger partial charge in [-0.25, -0.2) is 4.99 Å². The van der Waals surface area contributed by atoms with Gasteiger partial charge in [-0.15, -0.1) is 0 Å². The smallest absolute Gasteiger partial charge is 0.264 e. The molecule has 4 rings (SSSR count). The topological polar surface area (TPSA) is 59.9 Å². The van der Waals surface area contributed by atoms with Crippen LogP contribution in [0, 0.1) is 0 Å². The number of nitrogens with zero attached hydrogens (tertiary/aromatic N) is 1. The number of rotatable bonds is 6. The number of hydrogen-bond acceptors (Lipinski definition) is 5. The maximum absolute atomic E-state index is 12.4. The van der Waals surface area contributed by atoms with Gasteiger partial charge in [0.15, 0.2) is 16.7 Å². The van der Waals surface area contributed by atoms with E-state index in [-0.39, 0.29) is 5.91 Å². The van der Waals surface area contributed by atoms with Crippen molar-refractivity contribution in [1.29, 1.82) is 0 Å². The van der Waals surface area contributed by atoms with Gasteiger partial charge in [-0.2, -0.15) is 0 Å². The van der Waals surface area contributed by atoms with Crippen molar-refractivity contribution < 1.29 is 14.3 Å². The molecule has 0 aliphatic carbocycles. The Morgan fingerprint density at radius 1 is 1.12 bits per heavy atom. The third-order valence-corrected chi connectivity index (χ3v) is 6.20. The summed E-state index contributed by atoms with van der Waals surface area (Å²) in [5, 5.41) is 3.71. The maximum atomic E-state index is 12.4. The van der Waals surface area contributed by atoms with E-state index < -0.39 is 0 Å². The van der Waals surface area contributed by atoms with E-state index in [0.29, 0.717) is 33.2 Å². The Bertz CT molecular complexity index is 1200. The normalized spacial score (nSPS) is 15.8. The minimum atomic E-state index is -0.213. The highest BCUT2D eigenvalue weighted by Gasteiger charge is 2.24. The van der Waals surface area contributed by atoms with E-state index in [2.05, 4.69) is 26.2 Å². The quantitative estimate of drug-likeness (QED) is 0.366. The second-order valence-corrected chi connectivity index (χ2v) is 9.12. The fraction of sp³-hybridized carbons (Fsp3) is 0.0833. The molecule has 8 heteroatoms. The molecule has 1 amide bonds. The molecule has 0 saturated carbocycles. The lowest BCUT2D eigenvalue weighted by molar-refractivity contribution is -0.115. The number of ether oxygens (including phenoxy) is 2. The summed E-state index contributed by atoms with van der Waals surface area (Å²) >= 11 is 11.2. The second-order valence-electron chi connectivity index (χ2n) is 6.77. The first-order valence-corrected chi connectivity index (χ1v) is 11.6. The van der Waals surface area contributed by atoms with Crippen LogP contribution < -0.4 is 14.8 Å². The fourth-order valence-corrected chi connectivity index (χ4v) is 4.33. The lowest BCUT2D eigenvalue weighted by Crippen LogP contribution is -2.19. The predicted molar refractivity (Wildman–Crippen MR) is 134 cm³/mol. The third-order valence-electron chi connectivity index (χ3n) is 4.48. The average molecular weight is 530 g/mol. The minimum Gasteiger partial charge on any atom is -0.493 e. The van der Waals surface area contributed by atoms with Crippen molar-refractivity contribution in [2.24, 2.45) is 4.99 Å². The maximum Gasteiger partial charge on any atom is 0.264 e. The number of benzene rings is 3. The van der Waals surface area contributed by atoms with Gasteiger partial charge in [-0.05, 0) is 65.4 Å². The SMILES string of the molecule is COc1cc(/C=C2\SC(=Nc3ccccc3)NC2=O)cc(Cl)c1OCc1ccc(Br)cc1. The average Bonchev–Trinajstić information content (AvgIpc) is 3.12. The molecular weight excluding hydrogens is 512 g/mol. The zero-order valence-corrected chi connectivity index (χ0v) is 20.1. The van der Waals surface area contributed by atoms with Crippen molar-refractivity contribution in [2.75, 3.05) is 7.11 Å². The first kappa shape index (κ1) is 22.5. The number of nitrogens with one attached hydrogen (secondary N) is 1. The molecule has 3 aromatic rings. The number of para-hydroxylation sites is 1. The van der Waals surface area contributed by atoms with Crippen LogP contribution in [0.15, 0.2) is 81.1 Å². The van der Waals surface area contributed by atoms with E-state index in [1.54, 1.807) is 25.3 Å². The Labute approximate surface area is 203 Å². The van der Waals surface area contributed by atoms with E-state index in [9.17, 15) is 4.79 Å². The molecule has 162 valence electrons. The summed E-state index contributed by atoms with van der Waals surface area (Å²) in [4.78, 5) is 17.4. The molecule has 1 aliphatic rings. The van der Waals surface area contributed by atoms with E-state index in [1.807, 2.05) is 54.6 Å². The van der Waals surface area contributed by atoms with Crippen LogP contribution in [-0.2, 0) is 11.4 Å². The van der Waals surface area contributed by atoms with Crippen LogP contribution in [0.5, 0.6) is 11.5 Å². The highest BCUT2D eigenvalue weighted by atomic mass is 79.9. The van der Waals surface area contributed by atoms with Crippen molar-refractivity contribution in [3.05, 3.63) is 92.3 Å². The van der Waals surface area contributed by atoms with Crippen molar-refractivity contribution in [1.82, 2.24) is 5.32 Å². The highest BCUT2D eigenvalue weighted by Crippen LogP contribution is 2.38. The Hall–Kier alpha value is -2.74. The minimum absolute atomic E-state index is 0.213. The predicted octanol–water partition coefficient (Wildman–Crippen LogP) is 6.58. The Morgan fingerprint density at radius 3 is 2.59 bits per heavy atom. The number of halogens is 2. The van der Waals surface area contributed by atoms with Crippen LogP contribution in [0.4, 0.5) is 5.69 Å².